The monoisotopic (exact) mass is 297 g/mol. The van der Waals surface area contributed by atoms with Crippen molar-refractivity contribution in [1.82, 2.24) is 5.32 Å². The summed E-state index contributed by atoms with van der Waals surface area (Å²) >= 11 is 0. The highest BCUT2D eigenvalue weighted by molar-refractivity contribution is 5.75. The van der Waals surface area contributed by atoms with E-state index < -0.39 is 6.10 Å². The molecule has 0 saturated carbocycles. The normalized spacial score (nSPS) is 11.9. The van der Waals surface area contributed by atoms with Crippen LogP contribution in [0.15, 0.2) is 60.7 Å². The molecule has 0 heterocycles. The number of aliphatic hydroxyl groups is 1. The van der Waals surface area contributed by atoms with Gasteiger partial charge >= 0.3 is 0 Å². The predicted molar refractivity (Wildman–Crippen MR) is 88.4 cm³/mol. The van der Waals surface area contributed by atoms with Crippen molar-refractivity contribution in [3.63, 3.8) is 0 Å². The maximum absolute atomic E-state index is 11.8. The lowest BCUT2D eigenvalue weighted by molar-refractivity contribution is -0.121. The van der Waals surface area contributed by atoms with Crippen LogP contribution in [0.5, 0.6) is 0 Å². The summed E-state index contributed by atoms with van der Waals surface area (Å²) in [5, 5.41) is 12.9. The van der Waals surface area contributed by atoms with E-state index in [4.69, 9.17) is 0 Å². The summed E-state index contributed by atoms with van der Waals surface area (Å²) in [6.07, 6.45) is 2.30. The van der Waals surface area contributed by atoms with Crippen molar-refractivity contribution in [2.45, 2.75) is 31.8 Å². The Labute approximate surface area is 132 Å². The van der Waals surface area contributed by atoms with Crippen molar-refractivity contribution in [1.29, 1.82) is 0 Å². The first-order valence-electron chi connectivity index (χ1n) is 7.79. The molecule has 2 aromatic rings. The standard InChI is InChI=1S/C19H23NO2/c21-18(17-11-5-2-6-12-17)14-15-20-19(22)13-7-10-16-8-3-1-4-9-16/h1-6,8-9,11-12,18,21H,7,10,13-15H2,(H,20,22). The number of nitrogens with one attached hydrogen (secondary N) is 1. The van der Waals surface area contributed by atoms with Crippen LogP contribution in [0.3, 0.4) is 0 Å². The Balaban J connectivity index is 1.60. The number of carbonyl (C=O) groups is 1. The van der Waals surface area contributed by atoms with Crippen LogP contribution in [0.25, 0.3) is 0 Å². The van der Waals surface area contributed by atoms with Crippen LogP contribution in [-0.4, -0.2) is 17.6 Å². The molecule has 116 valence electrons. The second-order valence-electron chi connectivity index (χ2n) is 5.40. The minimum Gasteiger partial charge on any atom is -0.388 e. The highest BCUT2D eigenvalue weighted by atomic mass is 16.3. The van der Waals surface area contributed by atoms with Gasteiger partial charge in [0.15, 0.2) is 0 Å². The number of rotatable bonds is 8. The van der Waals surface area contributed by atoms with E-state index in [9.17, 15) is 9.90 Å². The first kappa shape index (κ1) is 16.2. The zero-order valence-electron chi connectivity index (χ0n) is 12.7. The molecule has 0 saturated heterocycles. The third-order valence-corrected chi connectivity index (χ3v) is 3.64. The molecule has 0 aliphatic carbocycles. The maximum atomic E-state index is 11.8. The van der Waals surface area contributed by atoms with E-state index in [-0.39, 0.29) is 5.91 Å². The number of aryl methyl sites for hydroxylation is 1. The van der Waals surface area contributed by atoms with E-state index in [0.29, 0.717) is 19.4 Å². The number of amides is 1. The summed E-state index contributed by atoms with van der Waals surface area (Å²) in [6, 6.07) is 19.7. The fraction of sp³-hybridized carbons (Fsp3) is 0.316. The van der Waals surface area contributed by atoms with Crippen molar-refractivity contribution >= 4 is 5.91 Å². The molecule has 1 unspecified atom stereocenters. The van der Waals surface area contributed by atoms with Crippen molar-refractivity contribution < 1.29 is 9.90 Å². The summed E-state index contributed by atoms with van der Waals surface area (Å²) in [6.45, 7) is 0.500. The number of hydrogen-bond donors (Lipinski definition) is 2. The van der Waals surface area contributed by atoms with Gasteiger partial charge in [0.25, 0.3) is 0 Å². The maximum Gasteiger partial charge on any atom is 0.220 e. The molecule has 0 fully saturated rings. The molecule has 1 atom stereocenters. The van der Waals surface area contributed by atoms with Gasteiger partial charge in [-0.2, -0.15) is 0 Å². The van der Waals surface area contributed by atoms with Crippen LogP contribution in [0.2, 0.25) is 0 Å². The number of carbonyl (C=O) groups excluding carboxylic acids is 1. The van der Waals surface area contributed by atoms with Gasteiger partial charge in [-0.3, -0.25) is 4.79 Å². The Morgan fingerprint density at radius 2 is 1.64 bits per heavy atom. The first-order valence-corrected chi connectivity index (χ1v) is 7.79. The fourth-order valence-electron chi connectivity index (χ4n) is 2.38. The Morgan fingerprint density at radius 3 is 2.32 bits per heavy atom. The average molecular weight is 297 g/mol. The molecule has 0 aliphatic rings. The smallest absolute Gasteiger partial charge is 0.220 e. The van der Waals surface area contributed by atoms with Crippen molar-refractivity contribution in [3.8, 4) is 0 Å². The van der Waals surface area contributed by atoms with E-state index in [1.54, 1.807) is 0 Å². The molecule has 0 radical (unpaired) electrons. The predicted octanol–water partition coefficient (Wildman–Crippen LogP) is 3.25. The molecule has 1 amide bonds. The summed E-state index contributed by atoms with van der Waals surface area (Å²) in [5.41, 5.74) is 2.15. The second kappa shape index (κ2) is 9.00. The fourth-order valence-corrected chi connectivity index (χ4v) is 2.38. The lowest BCUT2D eigenvalue weighted by atomic mass is 10.1. The average Bonchev–Trinajstić information content (AvgIpc) is 2.56. The van der Waals surface area contributed by atoms with Crippen molar-refractivity contribution in [3.05, 3.63) is 71.8 Å². The summed E-state index contributed by atoms with van der Waals surface area (Å²) in [7, 11) is 0. The third-order valence-electron chi connectivity index (χ3n) is 3.64. The minimum absolute atomic E-state index is 0.0520. The molecule has 0 aromatic heterocycles. The Morgan fingerprint density at radius 1 is 1.00 bits per heavy atom. The van der Waals surface area contributed by atoms with Gasteiger partial charge in [-0.25, -0.2) is 0 Å². The number of benzene rings is 2. The molecule has 0 bridgehead atoms. The molecular formula is C19H23NO2. The molecular weight excluding hydrogens is 274 g/mol. The van der Waals surface area contributed by atoms with Crippen molar-refractivity contribution in [2.75, 3.05) is 6.54 Å². The lowest BCUT2D eigenvalue weighted by Crippen LogP contribution is -2.25. The van der Waals surface area contributed by atoms with Gasteiger partial charge in [-0.05, 0) is 30.4 Å². The molecule has 3 heteroatoms. The van der Waals surface area contributed by atoms with E-state index >= 15 is 0 Å². The summed E-state index contributed by atoms with van der Waals surface area (Å²) < 4.78 is 0. The number of hydrogen-bond acceptors (Lipinski definition) is 2. The van der Waals surface area contributed by atoms with Crippen LogP contribution < -0.4 is 5.32 Å². The van der Waals surface area contributed by atoms with Crippen molar-refractivity contribution in [2.24, 2.45) is 0 Å². The SMILES string of the molecule is O=C(CCCc1ccccc1)NCCC(O)c1ccccc1. The molecule has 3 nitrogen and oxygen atoms in total. The molecule has 0 aliphatic heterocycles. The second-order valence-corrected chi connectivity index (χ2v) is 5.40. The Kier molecular flexibility index (Phi) is 6.65. The lowest BCUT2D eigenvalue weighted by Gasteiger charge is -2.11. The minimum atomic E-state index is -0.522. The van der Waals surface area contributed by atoms with E-state index in [1.165, 1.54) is 5.56 Å². The highest BCUT2D eigenvalue weighted by Crippen LogP contribution is 2.14. The van der Waals surface area contributed by atoms with Crippen LogP contribution in [0.1, 0.15) is 36.5 Å². The van der Waals surface area contributed by atoms with Crippen LogP contribution in [0.4, 0.5) is 0 Å². The zero-order valence-corrected chi connectivity index (χ0v) is 12.7. The van der Waals surface area contributed by atoms with Crippen LogP contribution >= 0.6 is 0 Å². The quantitative estimate of drug-likeness (QED) is 0.786. The molecule has 2 N–H and O–H groups in total. The zero-order chi connectivity index (χ0) is 15.6. The van der Waals surface area contributed by atoms with Gasteiger partial charge < -0.3 is 10.4 Å². The number of aliphatic hydroxyl groups excluding tert-OH is 1. The van der Waals surface area contributed by atoms with E-state index in [1.807, 2.05) is 48.5 Å². The van der Waals surface area contributed by atoms with Gasteiger partial charge in [-0.1, -0.05) is 60.7 Å². The molecule has 2 rings (SSSR count). The largest absolute Gasteiger partial charge is 0.388 e. The van der Waals surface area contributed by atoms with Crippen LogP contribution in [-0.2, 0) is 11.2 Å². The topological polar surface area (TPSA) is 49.3 Å². The van der Waals surface area contributed by atoms with Gasteiger partial charge in [-0.15, -0.1) is 0 Å². The third kappa shape index (κ3) is 5.70. The Hall–Kier alpha value is -2.13. The van der Waals surface area contributed by atoms with Crippen LogP contribution in [0, 0.1) is 0 Å². The Bertz CT molecular complexity index is 554. The van der Waals surface area contributed by atoms with Gasteiger partial charge in [0, 0.05) is 13.0 Å². The van der Waals surface area contributed by atoms with Gasteiger partial charge in [0.2, 0.25) is 5.91 Å². The van der Waals surface area contributed by atoms with E-state index in [2.05, 4.69) is 17.4 Å². The highest BCUT2D eigenvalue weighted by Gasteiger charge is 2.07. The van der Waals surface area contributed by atoms with Gasteiger partial charge in [0.05, 0.1) is 6.10 Å². The molecule has 22 heavy (non-hydrogen) atoms. The first-order chi connectivity index (χ1) is 10.8. The molecule has 2 aromatic carbocycles. The summed E-state index contributed by atoms with van der Waals surface area (Å²) in [4.78, 5) is 11.8. The van der Waals surface area contributed by atoms with Gasteiger partial charge in [0.1, 0.15) is 0 Å². The summed E-state index contributed by atoms with van der Waals surface area (Å²) in [5.74, 6) is 0.0520. The van der Waals surface area contributed by atoms with E-state index in [0.717, 1.165) is 18.4 Å². The molecule has 0 spiro atoms.